The van der Waals surface area contributed by atoms with Crippen LogP contribution < -0.4 is 5.32 Å². The summed E-state index contributed by atoms with van der Waals surface area (Å²) in [4.78, 5) is 12.2. The molecular weight excluding hydrogens is 266 g/mol. The molecule has 0 bridgehead atoms. The molecule has 4 heteroatoms. The number of furan rings is 1. The molecule has 2 N–H and O–H groups in total. The van der Waals surface area contributed by atoms with Crippen molar-refractivity contribution in [2.24, 2.45) is 0 Å². The molecule has 1 aromatic carbocycles. The van der Waals surface area contributed by atoms with E-state index in [0.29, 0.717) is 17.7 Å². The van der Waals surface area contributed by atoms with E-state index in [1.807, 2.05) is 39.0 Å². The smallest absolute Gasteiger partial charge is 0.251 e. The van der Waals surface area contributed by atoms with Gasteiger partial charge in [0.2, 0.25) is 0 Å². The van der Waals surface area contributed by atoms with Crippen LogP contribution in [0.4, 0.5) is 0 Å². The number of aliphatic hydroxyl groups is 1. The van der Waals surface area contributed by atoms with Gasteiger partial charge in [-0.2, -0.15) is 0 Å². The van der Waals surface area contributed by atoms with Crippen molar-refractivity contribution < 1.29 is 14.3 Å². The van der Waals surface area contributed by atoms with E-state index in [-0.39, 0.29) is 11.9 Å². The molecule has 2 atom stereocenters. The van der Waals surface area contributed by atoms with E-state index in [1.165, 1.54) is 6.26 Å². The Bertz CT molecular complexity index is 584. The lowest BCUT2D eigenvalue weighted by atomic mass is 10.1. The van der Waals surface area contributed by atoms with Gasteiger partial charge >= 0.3 is 0 Å². The number of aliphatic hydroxyl groups excluding tert-OH is 1. The minimum atomic E-state index is -0.713. The second kappa shape index (κ2) is 6.59. The summed E-state index contributed by atoms with van der Waals surface area (Å²) >= 11 is 0. The summed E-state index contributed by atoms with van der Waals surface area (Å²) in [5, 5.41) is 12.9. The zero-order valence-electron chi connectivity index (χ0n) is 12.6. The standard InChI is InChI=1S/C17H21NO3/c1-11-7-12(2)9-14(8-11)17(20)18-13(3)10-15(19)16-5-4-6-21-16/h4-9,13,15,19H,10H2,1-3H3,(H,18,20). The maximum atomic E-state index is 12.2. The molecule has 0 spiro atoms. The number of aryl methyl sites for hydroxylation is 2. The van der Waals surface area contributed by atoms with Gasteiger partial charge in [0.05, 0.1) is 6.26 Å². The predicted octanol–water partition coefficient (Wildman–Crippen LogP) is 3.14. The molecule has 0 fully saturated rings. The van der Waals surface area contributed by atoms with Gasteiger partial charge in [0.15, 0.2) is 0 Å². The SMILES string of the molecule is Cc1cc(C)cc(C(=O)NC(C)CC(O)c2ccco2)c1. The van der Waals surface area contributed by atoms with Gasteiger partial charge in [-0.25, -0.2) is 0 Å². The Morgan fingerprint density at radius 3 is 2.52 bits per heavy atom. The zero-order chi connectivity index (χ0) is 15.4. The minimum absolute atomic E-state index is 0.124. The van der Waals surface area contributed by atoms with Crippen LogP contribution in [0.25, 0.3) is 0 Å². The number of rotatable bonds is 5. The Hall–Kier alpha value is -2.07. The summed E-state index contributed by atoms with van der Waals surface area (Å²) in [5.74, 6) is 0.392. The minimum Gasteiger partial charge on any atom is -0.467 e. The third kappa shape index (κ3) is 4.20. The molecule has 1 heterocycles. The van der Waals surface area contributed by atoms with Crippen LogP contribution in [-0.2, 0) is 0 Å². The molecule has 4 nitrogen and oxygen atoms in total. The van der Waals surface area contributed by atoms with Gasteiger partial charge in [0.25, 0.3) is 5.91 Å². The topological polar surface area (TPSA) is 62.5 Å². The Morgan fingerprint density at radius 2 is 1.95 bits per heavy atom. The molecule has 0 aliphatic heterocycles. The lowest BCUT2D eigenvalue weighted by Crippen LogP contribution is -2.33. The Morgan fingerprint density at radius 1 is 1.29 bits per heavy atom. The first kappa shape index (κ1) is 15.3. The molecule has 0 saturated carbocycles. The highest BCUT2D eigenvalue weighted by Crippen LogP contribution is 2.18. The van der Waals surface area contributed by atoms with Crippen LogP contribution in [0.3, 0.4) is 0 Å². The molecule has 0 aliphatic rings. The van der Waals surface area contributed by atoms with Gasteiger partial charge in [-0.3, -0.25) is 4.79 Å². The number of hydrogen-bond acceptors (Lipinski definition) is 3. The van der Waals surface area contributed by atoms with Crippen molar-refractivity contribution in [3.8, 4) is 0 Å². The molecular formula is C17H21NO3. The van der Waals surface area contributed by atoms with Crippen LogP contribution in [-0.4, -0.2) is 17.1 Å². The maximum absolute atomic E-state index is 12.2. The number of carbonyl (C=O) groups excluding carboxylic acids is 1. The number of nitrogens with one attached hydrogen (secondary N) is 1. The van der Waals surface area contributed by atoms with Gasteiger partial charge in [-0.15, -0.1) is 0 Å². The number of benzene rings is 1. The molecule has 1 amide bonds. The lowest BCUT2D eigenvalue weighted by molar-refractivity contribution is 0.0903. The fourth-order valence-electron chi connectivity index (χ4n) is 2.40. The monoisotopic (exact) mass is 287 g/mol. The first-order chi connectivity index (χ1) is 9.95. The summed E-state index contributed by atoms with van der Waals surface area (Å²) in [6.07, 6.45) is 1.22. The maximum Gasteiger partial charge on any atom is 0.251 e. The van der Waals surface area contributed by atoms with Gasteiger partial charge in [-0.1, -0.05) is 17.2 Å². The van der Waals surface area contributed by atoms with E-state index in [9.17, 15) is 9.90 Å². The first-order valence-electron chi connectivity index (χ1n) is 7.06. The van der Waals surface area contributed by atoms with E-state index >= 15 is 0 Å². The first-order valence-corrected chi connectivity index (χ1v) is 7.06. The van der Waals surface area contributed by atoms with Crippen LogP contribution in [0, 0.1) is 13.8 Å². The predicted molar refractivity (Wildman–Crippen MR) is 81.1 cm³/mol. The van der Waals surface area contributed by atoms with E-state index in [1.54, 1.807) is 12.1 Å². The third-order valence-electron chi connectivity index (χ3n) is 3.31. The van der Waals surface area contributed by atoms with Crippen molar-refractivity contribution >= 4 is 5.91 Å². The molecule has 2 aromatic rings. The van der Waals surface area contributed by atoms with Gasteiger partial charge in [-0.05, 0) is 45.0 Å². The van der Waals surface area contributed by atoms with Crippen molar-refractivity contribution in [1.82, 2.24) is 5.32 Å². The summed E-state index contributed by atoms with van der Waals surface area (Å²) in [5.41, 5.74) is 2.76. The van der Waals surface area contributed by atoms with E-state index < -0.39 is 6.10 Å². The zero-order valence-corrected chi connectivity index (χ0v) is 12.6. The fraction of sp³-hybridized carbons (Fsp3) is 0.353. The normalized spacial score (nSPS) is 13.7. The fourth-order valence-corrected chi connectivity index (χ4v) is 2.40. The van der Waals surface area contributed by atoms with E-state index in [2.05, 4.69) is 5.32 Å². The van der Waals surface area contributed by atoms with Crippen LogP contribution in [0.5, 0.6) is 0 Å². The second-order valence-electron chi connectivity index (χ2n) is 5.52. The van der Waals surface area contributed by atoms with Gasteiger partial charge in [0.1, 0.15) is 11.9 Å². The van der Waals surface area contributed by atoms with Crippen molar-refractivity contribution in [3.05, 3.63) is 59.0 Å². The molecule has 0 radical (unpaired) electrons. The van der Waals surface area contributed by atoms with Crippen molar-refractivity contribution in [1.29, 1.82) is 0 Å². The van der Waals surface area contributed by atoms with Crippen LogP contribution in [0.2, 0.25) is 0 Å². The summed E-state index contributed by atoms with van der Waals surface area (Å²) in [6.45, 7) is 5.80. The van der Waals surface area contributed by atoms with E-state index in [0.717, 1.165) is 11.1 Å². The second-order valence-corrected chi connectivity index (χ2v) is 5.52. The number of hydrogen-bond donors (Lipinski definition) is 2. The average molecular weight is 287 g/mol. The summed E-state index contributed by atoms with van der Waals surface area (Å²) in [6, 6.07) is 9.05. The largest absolute Gasteiger partial charge is 0.467 e. The number of amides is 1. The van der Waals surface area contributed by atoms with Crippen molar-refractivity contribution in [2.75, 3.05) is 0 Å². The third-order valence-corrected chi connectivity index (χ3v) is 3.31. The quantitative estimate of drug-likeness (QED) is 0.888. The summed E-state index contributed by atoms with van der Waals surface area (Å²) in [7, 11) is 0. The van der Waals surface area contributed by atoms with Crippen molar-refractivity contribution in [3.63, 3.8) is 0 Å². The Kier molecular flexibility index (Phi) is 4.81. The highest BCUT2D eigenvalue weighted by Gasteiger charge is 2.17. The highest BCUT2D eigenvalue weighted by molar-refractivity contribution is 5.94. The Balaban J connectivity index is 1.95. The molecule has 21 heavy (non-hydrogen) atoms. The molecule has 0 aliphatic carbocycles. The molecule has 0 saturated heterocycles. The van der Waals surface area contributed by atoms with Crippen molar-refractivity contribution in [2.45, 2.75) is 39.3 Å². The van der Waals surface area contributed by atoms with Crippen LogP contribution in [0.15, 0.2) is 41.0 Å². The molecule has 2 unspecified atom stereocenters. The average Bonchev–Trinajstić information content (AvgIpc) is 2.91. The lowest BCUT2D eigenvalue weighted by Gasteiger charge is -2.17. The molecule has 112 valence electrons. The van der Waals surface area contributed by atoms with E-state index in [4.69, 9.17) is 4.42 Å². The number of carbonyl (C=O) groups is 1. The van der Waals surface area contributed by atoms with Crippen LogP contribution in [0.1, 0.15) is 46.7 Å². The molecule has 1 aromatic heterocycles. The highest BCUT2D eigenvalue weighted by atomic mass is 16.4. The Labute approximate surface area is 124 Å². The van der Waals surface area contributed by atoms with Gasteiger partial charge < -0.3 is 14.8 Å². The molecule has 2 rings (SSSR count). The van der Waals surface area contributed by atoms with Gasteiger partial charge in [0, 0.05) is 18.0 Å². The van der Waals surface area contributed by atoms with Crippen LogP contribution >= 0.6 is 0 Å². The summed E-state index contributed by atoms with van der Waals surface area (Å²) < 4.78 is 5.15.